The fourth-order valence-corrected chi connectivity index (χ4v) is 5.04. The highest BCUT2D eigenvalue weighted by Crippen LogP contribution is 2.29. The van der Waals surface area contributed by atoms with E-state index < -0.39 is 0 Å². The Morgan fingerprint density at radius 2 is 1.79 bits per heavy atom. The minimum absolute atomic E-state index is 0.107. The van der Waals surface area contributed by atoms with Crippen molar-refractivity contribution in [2.45, 2.75) is 38.6 Å². The molecule has 0 spiro atoms. The van der Waals surface area contributed by atoms with Gasteiger partial charge >= 0.3 is 0 Å². The van der Waals surface area contributed by atoms with E-state index in [1.807, 2.05) is 35.2 Å². The molecule has 0 aromatic carbocycles. The standard InChI is InChI=1S/C25H34N6O2/c1-18(21-6-12-28-23(26)17-21)30-13-9-20(10-14-30)25(32)31-15-7-19(8-16-31)24(29-33-2)22-5-3-4-11-27-22/h3-6,11-12,17-20H,7-10,13-16H2,1-2H3,(H2,26,28)/t18-/m1/s1. The Bertz CT molecular complexity index is 950. The first-order chi connectivity index (χ1) is 16.1. The van der Waals surface area contributed by atoms with Crippen molar-refractivity contribution in [3.8, 4) is 0 Å². The van der Waals surface area contributed by atoms with Gasteiger partial charge in [-0.15, -0.1) is 0 Å². The Kier molecular flexibility index (Phi) is 7.54. The predicted octanol–water partition coefficient (Wildman–Crippen LogP) is 3.12. The Labute approximate surface area is 195 Å². The van der Waals surface area contributed by atoms with Crippen molar-refractivity contribution in [3.63, 3.8) is 0 Å². The second kappa shape index (κ2) is 10.7. The van der Waals surface area contributed by atoms with Crippen LogP contribution in [0.4, 0.5) is 5.82 Å². The number of nitrogens with two attached hydrogens (primary N) is 1. The Balaban J connectivity index is 1.29. The summed E-state index contributed by atoms with van der Waals surface area (Å²) in [6, 6.07) is 10.1. The minimum atomic E-state index is 0.107. The molecule has 0 bridgehead atoms. The van der Waals surface area contributed by atoms with Gasteiger partial charge in [-0.3, -0.25) is 14.7 Å². The third-order valence-corrected chi connectivity index (χ3v) is 7.02. The van der Waals surface area contributed by atoms with Gasteiger partial charge in [-0.05, 0) is 75.5 Å². The number of rotatable bonds is 6. The molecule has 4 heterocycles. The molecule has 2 aliphatic rings. The van der Waals surface area contributed by atoms with Crippen LogP contribution in [0.3, 0.4) is 0 Å². The Morgan fingerprint density at radius 3 is 2.42 bits per heavy atom. The summed E-state index contributed by atoms with van der Waals surface area (Å²) in [5.41, 5.74) is 8.76. The summed E-state index contributed by atoms with van der Waals surface area (Å²) in [7, 11) is 1.57. The lowest BCUT2D eigenvalue weighted by Gasteiger charge is -2.39. The molecule has 1 atom stereocenters. The molecule has 2 aromatic heterocycles. The molecule has 33 heavy (non-hydrogen) atoms. The smallest absolute Gasteiger partial charge is 0.225 e. The average Bonchev–Trinajstić information content (AvgIpc) is 2.87. The maximum atomic E-state index is 13.2. The largest absolute Gasteiger partial charge is 0.399 e. The highest BCUT2D eigenvalue weighted by atomic mass is 16.6. The van der Waals surface area contributed by atoms with Crippen LogP contribution in [0.2, 0.25) is 0 Å². The van der Waals surface area contributed by atoms with Gasteiger partial charge in [0.25, 0.3) is 0 Å². The summed E-state index contributed by atoms with van der Waals surface area (Å²) in [6.45, 7) is 5.54. The van der Waals surface area contributed by atoms with Crippen molar-refractivity contribution in [3.05, 3.63) is 54.0 Å². The van der Waals surface area contributed by atoms with Crippen LogP contribution in [0.25, 0.3) is 0 Å². The van der Waals surface area contributed by atoms with Gasteiger partial charge in [0.15, 0.2) is 0 Å². The molecule has 2 aliphatic heterocycles. The minimum Gasteiger partial charge on any atom is -0.399 e. The van der Waals surface area contributed by atoms with Crippen molar-refractivity contribution >= 4 is 17.4 Å². The van der Waals surface area contributed by atoms with Gasteiger partial charge in [0.05, 0.1) is 5.69 Å². The van der Waals surface area contributed by atoms with Crippen LogP contribution in [-0.2, 0) is 9.63 Å². The molecule has 8 nitrogen and oxygen atoms in total. The second-order valence-corrected chi connectivity index (χ2v) is 8.97. The SMILES string of the molecule is CON=C(c1ccccn1)C1CCN(C(=O)C2CCN([C@H](C)c3ccnc(N)c3)CC2)CC1. The van der Waals surface area contributed by atoms with E-state index in [9.17, 15) is 4.79 Å². The summed E-state index contributed by atoms with van der Waals surface area (Å²) in [6.07, 6.45) is 7.09. The molecule has 2 saturated heterocycles. The van der Waals surface area contributed by atoms with Crippen molar-refractivity contribution in [2.75, 3.05) is 39.0 Å². The molecule has 2 fully saturated rings. The van der Waals surface area contributed by atoms with Crippen molar-refractivity contribution in [1.82, 2.24) is 19.8 Å². The molecule has 0 unspecified atom stereocenters. The number of aromatic nitrogens is 2. The number of hydrogen-bond acceptors (Lipinski definition) is 7. The zero-order chi connectivity index (χ0) is 23.2. The van der Waals surface area contributed by atoms with E-state index >= 15 is 0 Å². The number of carbonyl (C=O) groups is 1. The first-order valence-electron chi connectivity index (χ1n) is 11.8. The van der Waals surface area contributed by atoms with Gasteiger partial charge < -0.3 is 15.5 Å². The fraction of sp³-hybridized carbons (Fsp3) is 0.520. The number of nitrogens with zero attached hydrogens (tertiary/aromatic N) is 5. The van der Waals surface area contributed by atoms with Gasteiger partial charge in [-0.25, -0.2) is 4.98 Å². The Morgan fingerprint density at radius 1 is 1.06 bits per heavy atom. The van der Waals surface area contributed by atoms with Crippen LogP contribution < -0.4 is 5.73 Å². The van der Waals surface area contributed by atoms with Crippen molar-refractivity contribution in [2.24, 2.45) is 17.0 Å². The monoisotopic (exact) mass is 450 g/mol. The molecule has 0 aliphatic carbocycles. The molecular formula is C25H34N6O2. The second-order valence-electron chi connectivity index (χ2n) is 8.97. The molecular weight excluding hydrogens is 416 g/mol. The number of nitrogen functional groups attached to an aromatic ring is 1. The molecule has 2 N–H and O–H groups in total. The van der Waals surface area contributed by atoms with Crippen molar-refractivity contribution < 1.29 is 9.63 Å². The van der Waals surface area contributed by atoms with Crippen LogP contribution in [0.5, 0.6) is 0 Å². The first-order valence-corrected chi connectivity index (χ1v) is 11.8. The number of amides is 1. The number of hydrogen-bond donors (Lipinski definition) is 1. The number of likely N-dealkylation sites (tertiary alicyclic amines) is 2. The van der Waals surface area contributed by atoms with E-state index in [0.717, 1.165) is 63.3 Å². The molecule has 0 radical (unpaired) electrons. The topological polar surface area (TPSA) is 96.9 Å². The van der Waals surface area contributed by atoms with Crippen LogP contribution in [0.15, 0.2) is 47.9 Å². The lowest BCUT2D eigenvalue weighted by molar-refractivity contribution is -0.138. The normalized spacial score (nSPS) is 19.9. The van der Waals surface area contributed by atoms with E-state index in [1.165, 1.54) is 5.56 Å². The van der Waals surface area contributed by atoms with E-state index in [2.05, 4.69) is 26.9 Å². The summed E-state index contributed by atoms with van der Waals surface area (Å²) in [5, 5.41) is 4.27. The number of pyridine rings is 2. The van der Waals surface area contributed by atoms with E-state index in [1.54, 1.807) is 19.5 Å². The molecule has 176 valence electrons. The fourth-order valence-electron chi connectivity index (χ4n) is 5.04. The number of oxime groups is 1. The van der Waals surface area contributed by atoms with Gasteiger partial charge in [0.2, 0.25) is 5.91 Å². The number of anilines is 1. The average molecular weight is 451 g/mol. The van der Waals surface area contributed by atoms with Crippen LogP contribution in [0, 0.1) is 11.8 Å². The van der Waals surface area contributed by atoms with Gasteiger partial charge in [-0.2, -0.15) is 0 Å². The van der Waals surface area contributed by atoms with Gasteiger partial charge in [0.1, 0.15) is 18.6 Å². The Hall–Kier alpha value is -3.00. The molecule has 2 aromatic rings. The van der Waals surface area contributed by atoms with Crippen LogP contribution in [-0.4, -0.2) is 64.7 Å². The zero-order valence-electron chi connectivity index (χ0n) is 19.6. The van der Waals surface area contributed by atoms with Crippen LogP contribution in [0.1, 0.15) is 49.9 Å². The highest BCUT2D eigenvalue weighted by molar-refractivity contribution is 6.00. The van der Waals surface area contributed by atoms with Gasteiger partial charge in [-0.1, -0.05) is 11.2 Å². The van der Waals surface area contributed by atoms with E-state index in [4.69, 9.17) is 10.6 Å². The summed E-state index contributed by atoms with van der Waals surface area (Å²) in [5.74, 6) is 1.21. The molecule has 8 heteroatoms. The summed E-state index contributed by atoms with van der Waals surface area (Å²) < 4.78 is 0. The molecule has 1 amide bonds. The summed E-state index contributed by atoms with van der Waals surface area (Å²) in [4.78, 5) is 31.3. The number of piperidine rings is 2. The van der Waals surface area contributed by atoms with Crippen molar-refractivity contribution in [1.29, 1.82) is 0 Å². The lowest BCUT2D eigenvalue weighted by Crippen LogP contribution is -2.46. The third kappa shape index (κ3) is 5.50. The van der Waals surface area contributed by atoms with E-state index in [-0.39, 0.29) is 17.9 Å². The predicted molar refractivity (Wildman–Crippen MR) is 128 cm³/mol. The quantitative estimate of drug-likeness (QED) is 0.537. The third-order valence-electron chi connectivity index (χ3n) is 7.02. The zero-order valence-corrected chi connectivity index (χ0v) is 19.6. The molecule has 0 saturated carbocycles. The van der Waals surface area contributed by atoms with Crippen LogP contribution >= 0.6 is 0 Å². The maximum Gasteiger partial charge on any atom is 0.225 e. The summed E-state index contributed by atoms with van der Waals surface area (Å²) >= 11 is 0. The maximum absolute atomic E-state index is 13.2. The lowest BCUT2D eigenvalue weighted by atomic mass is 9.88. The first kappa shape index (κ1) is 23.2. The molecule has 4 rings (SSSR count). The van der Waals surface area contributed by atoms with Gasteiger partial charge in [0, 0.05) is 43.4 Å². The number of carbonyl (C=O) groups excluding carboxylic acids is 1. The highest BCUT2D eigenvalue weighted by Gasteiger charge is 2.33. The van der Waals surface area contributed by atoms with E-state index in [0.29, 0.717) is 11.7 Å².